The second-order valence-electron chi connectivity index (χ2n) is 7.90. The van der Waals surface area contributed by atoms with Crippen molar-refractivity contribution in [3.63, 3.8) is 0 Å². The highest BCUT2D eigenvalue weighted by Gasteiger charge is 2.34. The molecule has 5 rings (SSSR count). The highest BCUT2D eigenvalue weighted by atomic mass is 16.5. The van der Waals surface area contributed by atoms with Crippen LogP contribution in [0.15, 0.2) is 67.0 Å². The zero-order valence-corrected chi connectivity index (χ0v) is 17.6. The van der Waals surface area contributed by atoms with Gasteiger partial charge < -0.3 is 15.2 Å². The first-order chi connectivity index (χ1) is 15.2. The minimum Gasteiger partial charge on any atom is -0.489 e. The number of fused-ring (bicyclic) bond motifs is 1. The van der Waals surface area contributed by atoms with Crippen LogP contribution < -0.4 is 10.5 Å². The SMILES string of the molecule is CCOC1CC(c2nc(-c3cccc(OCc4ccccc4)c3)c3c(N)nccn23)C1. The molecule has 1 aliphatic rings. The molecule has 0 aliphatic heterocycles. The van der Waals surface area contributed by atoms with E-state index in [1.807, 2.05) is 55.6 Å². The van der Waals surface area contributed by atoms with Crippen molar-refractivity contribution in [3.8, 4) is 17.0 Å². The fourth-order valence-corrected chi connectivity index (χ4v) is 4.20. The maximum absolute atomic E-state index is 6.29. The van der Waals surface area contributed by atoms with Gasteiger partial charge in [0.05, 0.1) is 6.10 Å². The first-order valence-electron chi connectivity index (χ1n) is 10.7. The predicted octanol–water partition coefficient (Wildman–Crippen LogP) is 4.84. The Kier molecular flexibility index (Phi) is 5.30. The predicted molar refractivity (Wildman–Crippen MR) is 121 cm³/mol. The average molecular weight is 415 g/mol. The van der Waals surface area contributed by atoms with E-state index in [2.05, 4.69) is 21.5 Å². The van der Waals surface area contributed by atoms with Crippen LogP contribution in [0.25, 0.3) is 16.8 Å². The van der Waals surface area contributed by atoms with E-state index in [1.54, 1.807) is 6.20 Å². The van der Waals surface area contributed by atoms with Crippen LogP contribution in [0.1, 0.15) is 37.1 Å². The van der Waals surface area contributed by atoms with Gasteiger partial charge in [0.25, 0.3) is 0 Å². The van der Waals surface area contributed by atoms with Gasteiger partial charge in [-0.2, -0.15) is 0 Å². The summed E-state index contributed by atoms with van der Waals surface area (Å²) in [5.74, 6) is 2.65. The summed E-state index contributed by atoms with van der Waals surface area (Å²) >= 11 is 0. The van der Waals surface area contributed by atoms with E-state index in [-0.39, 0.29) is 0 Å². The number of ether oxygens (including phenoxy) is 2. The highest BCUT2D eigenvalue weighted by Crippen LogP contribution is 2.41. The van der Waals surface area contributed by atoms with Gasteiger partial charge in [0.1, 0.15) is 35.2 Å². The number of nitrogen functional groups attached to an aromatic ring is 1. The molecule has 0 spiro atoms. The number of hydrogen-bond donors (Lipinski definition) is 1. The molecule has 0 amide bonds. The first-order valence-corrected chi connectivity index (χ1v) is 10.7. The molecule has 0 bridgehead atoms. The van der Waals surface area contributed by atoms with E-state index in [4.69, 9.17) is 20.2 Å². The summed E-state index contributed by atoms with van der Waals surface area (Å²) in [6, 6.07) is 18.2. The standard InChI is InChI=1S/C25H26N4O2/c1-2-30-21-14-19(15-21)25-28-22(23-24(26)27-11-12-29(23)25)18-9-6-10-20(13-18)31-16-17-7-4-3-5-8-17/h3-13,19,21H,2,14-16H2,1H3,(H2,26,27). The molecule has 1 fully saturated rings. The van der Waals surface area contributed by atoms with Crippen LogP contribution >= 0.6 is 0 Å². The highest BCUT2D eigenvalue weighted by molar-refractivity contribution is 5.85. The van der Waals surface area contributed by atoms with Gasteiger partial charge in [-0.3, -0.25) is 4.40 Å². The fraction of sp³-hybridized carbons (Fsp3) is 0.280. The fourth-order valence-electron chi connectivity index (χ4n) is 4.20. The zero-order chi connectivity index (χ0) is 21.2. The van der Waals surface area contributed by atoms with Crippen LogP contribution in [-0.2, 0) is 11.3 Å². The quantitative estimate of drug-likeness (QED) is 0.468. The molecule has 158 valence electrons. The third-order valence-electron chi connectivity index (χ3n) is 5.83. The second kappa shape index (κ2) is 8.40. The van der Waals surface area contributed by atoms with Crippen molar-refractivity contribution in [2.75, 3.05) is 12.3 Å². The number of nitrogens with two attached hydrogens (primary N) is 1. The van der Waals surface area contributed by atoms with Crippen molar-refractivity contribution in [2.45, 2.75) is 38.4 Å². The van der Waals surface area contributed by atoms with Gasteiger partial charge in [-0.1, -0.05) is 42.5 Å². The molecule has 0 atom stereocenters. The number of hydrogen-bond acceptors (Lipinski definition) is 5. The van der Waals surface area contributed by atoms with Gasteiger partial charge in [-0.15, -0.1) is 0 Å². The molecule has 2 aromatic carbocycles. The van der Waals surface area contributed by atoms with E-state index < -0.39 is 0 Å². The lowest BCUT2D eigenvalue weighted by Gasteiger charge is -2.33. The molecule has 1 aliphatic carbocycles. The second-order valence-corrected chi connectivity index (χ2v) is 7.90. The van der Waals surface area contributed by atoms with Crippen LogP contribution in [0, 0.1) is 0 Å². The van der Waals surface area contributed by atoms with E-state index in [9.17, 15) is 0 Å². The lowest BCUT2D eigenvalue weighted by Crippen LogP contribution is -2.30. The Balaban J connectivity index is 1.46. The van der Waals surface area contributed by atoms with Gasteiger partial charge in [0, 0.05) is 30.5 Å². The van der Waals surface area contributed by atoms with Gasteiger partial charge in [0.2, 0.25) is 0 Å². The van der Waals surface area contributed by atoms with Crippen LogP contribution in [0.2, 0.25) is 0 Å². The Hall–Kier alpha value is -3.38. The van der Waals surface area contributed by atoms with Crippen molar-refractivity contribution >= 4 is 11.3 Å². The van der Waals surface area contributed by atoms with Crippen molar-refractivity contribution in [2.24, 2.45) is 0 Å². The molecular weight excluding hydrogens is 388 g/mol. The normalized spacial score (nSPS) is 18.1. The molecule has 1 saturated carbocycles. The van der Waals surface area contributed by atoms with Crippen molar-refractivity contribution in [1.82, 2.24) is 14.4 Å². The van der Waals surface area contributed by atoms with E-state index in [0.717, 1.165) is 53.4 Å². The smallest absolute Gasteiger partial charge is 0.150 e. The molecule has 31 heavy (non-hydrogen) atoms. The minimum absolute atomic E-state index is 0.319. The molecule has 2 aromatic heterocycles. The van der Waals surface area contributed by atoms with Crippen molar-refractivity contribution in [1.29, 1.82) is 0 Å². The molecule has 6 nitrogen and oxygen atoms in total. The average Bonchev–Trinajstić information content (AvgIpc) is 3.16. The van der Waals surface area contributed by atoms with Crippen LogP contribution in [0.3, 0.4) is 0 Å². The Morgan fingerprint density at radius 2 is 1.94 bits per heavy atom. The molecule has 2 heterocycles. The molecule has 4 aromatic rings. The van der Waals surface area contributed by atoms with Gasteiger partial charge in [-0.05, 0) is 37.5 Å². The van der Waals surface area contributed by atoms with Gasteiger partial charge >= 0.3 is 0 Å². The molecular formula is C25H26N4O2. The number of benzene rings is 2. The maximum atomic E-state index is 6.29. The number of aromatic nitrogens is 3. The molecule has 2 N–H and O–H groups in total. The van der Waals surface area contributed by atoms with Crippen LogP contribution in [0.4, 0.5) is 5.82 Å². The molecule has 6 heteroatoms. The number of nitrogens with zero attached hydrogens (tertiary/aromatic N) is 3. The summed E-state index contributed by atoms with van der Waals surface area (Å²) in [6.45, 7) is 3.30. The van der Waals surface area contributed by atoms with E-state index in [1.165, 1.54) is 0 Å². The van der Waals surface area contributed by atoms with Crippen LogP contribution in [0.5, 0.6) is 5.75 Å². The summed E-state index contributed by atoms with van der Waals surface area (Å²) in [6.07, 6.45) is 5.96. The number of rotatable bonds is 7. The zero-order valence-electron chi connectivity index (χ0n) is 17.6. The first kappa shape index (κ1) is 19.6. The Bertz CT molecular complexity index is 1180. The minimum atomic E-state index is 0.319. The molecule has 0 unspecified atom stereocenters. The number of imidazole rings is 1. The summed E-state index contributed by atoms with van der Waals surface area (Å²) in [4.78, 5) is 9.34. The Morgan fingerprint density at radius 1 is 1.10 bits per heavy atom. The monoisotopic (exact) mass is 414 g/mol. The lowest BCUT2D eigenvalue weighted by molar-refractivity contribution is -0.00502. The van der Waals surface area contributed by atoms with E-state index in [0.29, 0.717) is 24.4 Å². The molecule has 0 saturated heterocycles. The Labute approximate surface area is 181 Å². The van der Waals surface area contributed by atoms with Gasteiger partial charge in [0.15, 0.2) is 0 Å². The summed E-state index contributed by atoms with van der Waals surface area (Å²) in [5.41, 5.74) is 10.1. The maximum Gasteiger partial charge on any atom is 0.150 e. The van der Waals surface area contributed by atoms with Crippen molar-refractivity contribution < 1.29 is 9.47 Å². The number of anilines is 1. The van der Waals surface area contributed by atoms with Gasteiger partial charge in [-0.25, -0.2) is 9.97 Å². The summed E-state index contributed by atoms with van der Waals surface area (Å²) < 4.78 is 13.9. The topological polar surface area (TPSA) is 74.7 Å². The van der Waals surface area contributed by atoms with E-state index >= 15 is 0 Å². The third-order valence-corrected chi connectivity index (χ3v) is 5.83. The van der Waals surface area contributed by atoms with Crippen molar-refractivity contribution in [3.05, 3.63) is 78.4 Å². The molecule has 0 radical (unpaired) electrons. The largest absolute Gasteiger partial charge is 0.489 e. The summed E-state index contributed by atoms with van der Waals surface area (Å²) in [5, 5.41) is 0. The lowest BCUT2D eigenvalue weighted by atomic mass is 9.81. The third kappa shape index (κ3) is 3.86. The summed E-state index contributed by atoms with van der Waals surface area (Å²) in [7, 11) is 0. The Morgan fingerprint density at radius 3 is 2.74 bits per heavy atom. The van der Waals surface area contributed by atoms with Crippen LogP contribution in [-0.4, -0.2) is 27.1 Å².